The van der Waals surface area contributed by atoms with Gasteiger partial charge < -0.3 is 15.3 Å². The van der Waals surface area contributed by atoms with E-state index in [0.29, 0.717) is 12.4 Å². The number of nitrogens with one attached hydrogen (secondary N) is 1. The van der Waals surface area contributed by atoms with E-state index in [4.69, 9.17) is 0 Å². The van der Waals surface area contributed by atoms with Gasteiger partial charge in [0.2, 0.25) is 0 Å². The molecule has 104 valence electrons. The maximum atomic E-state index is 13.2. The zero-order valence-corrected chi connectivity index (χ0v) is 10.9. The number of halogens is 1. The summed E-state index contributed by atoms with van der Waals surface area (Å²) in [6.45, 7) is 4.43. The van der Waals surface area contributed by atoms with Crippen LogP contribution in [0.25, 0.3) is 0 Å². The van der Waals surface area contributed by atoms with Crippen LogP contribution in [-0.2, 0) is 0 Å². The van der Waals surface area contributed by atoms with Crippen LogP contribution >= 0.6 is 0 Å². The normalized spacial score (nSPS) is 16.3. The minimum atomic E-state index is -1.14. The lowest BCUT2D eigenvalue weighted by Crippen LogP contribution is -2.44. The van der Waals surface area contributed by atoms with Gasteiger partial charge in [-0.3, -0.25) is 0 Å². The summed E-state index contributed by atoms with van der Waals surface area (Å²) in [6.07, 6.45) is 2.95. The SMILES string of the molecule is CCN(c1ncc(F)cc1C(=O)O)C1CCNCC1. The Labute approximate surface area is 111 Å². The van der Waals surface area contributed by atoms with E-state index in [1.165, 1.54) is 0 Å². The molecule has 1 saturated heterocycles. The molecule has 0 bridgehead atoms. The molecule has 0 spiro atoms. The fraction of sp³-hybridized carbons (Fsp3) is 0.538. The van der Waals surface area contributed by atoms with Gasteiger partial charge in [0.05, 0.1) is 6.20 Å². The van der Waals surface area contributed by atoms with Crippen molar-refractivity contribution in [2.45, 2.75) is 25.8 Å². The quantitative estimate of drug-likeness (QED) is 0.865. The molecule has 0 amide bonds. The summed E-state index contributed by atoms with van der Waals surface area (Å²) in [7, 11) is 0. The van der Waals surface area contributed by atoms with Gasteiger partial charge in [0.15, 0.2) is 0 Å². The van der Waals surface area contributed by atoms with E-state index in [9.17, 15) is 14.3 Å². The Morgan fingerprint density at radius 2 is 2.26 bits per heavy atom. The van der Waals surface area contributed by atoms with E-state index in [1.807, 2.05) is 11.8 Å². The number of anilines is 1. The summed E-state index contributed by atoms with van der Waals surface area (Å²) in [5.74, 6) is -1.40. The van der Waals surface area contributed by atoms with Gasteiger partial charge in [-0.15, -0.1) is 0 Å². The second-order valence-electron chi connectivity index (χ2n) is 4.60. The minimum Gasteiger partial charge on any atom is -0.478 e. The van der Waals surface area contributed by atoms with E-state index in [2.05, 4.69) is 10.3 Å². The molecule has 1 fully saturated rings. The first-order valence-electron chi connectivity index (χ1n) is 6.49. The Kier molecular flexibility index (Phi) is 4.31. The third kappa shape index (κ3) is 3.01. The summed E-state index contributed by atoms with van der Waals surface area (Å²) in [5, 5.41) is 12.5. The Morgan fingerprint density at radius 3 is 2.84 bits per heavy atom. The van der Waals surface area contributed by atoms with Crippen molar-refractivity contribution in [3.63, 3.8) is 0 Å². The highest BCUT2D eigenvalue weighted by Gasteiger charge is 2.25. The predicted molar refractivity (Wildman–Crippen MR) is 70.1 cm³/mol. The molecule has 1 aromatic heterocycles. The average molecular weight is 267 g/mol. The summed E-state index contributed by atoms with van der Waals surface area (Å²) in [4.78, 5) is 17.2. The highest BCUT2D eigenvalue weighted by atomic mass is 19.1. The zero-order chi connectivity index (χ0) is 13.8. The number of aromatic carboxylic acids is 1. The first-order chi connectivity index (χ1) is 9.13. The van der Waals surface area contributed by atoms with Crippen molar-refractivity contribution in [1.82, 2.24) is 10.3 Å². The summed E-state index contributed by atoms with van der Waals surface area (Å²) >= 11 is 0. The van der Waals surface area contributed by atoms with Gasteiger partial charge in [0.1, 0.15) is 17.2 Å². The van der Waals surface area contributed by atoms with E-state index in [-0.39, 0.29) is 11.6 Å². The van der Waals surface area contributed by atoms with Gasteiger partial charge in [-0.25, -0.2) is 14.2 Å². The van der Waals surface area contributed by atoms with Crippen LogP contribution in [0.5, 0.6) is 0 Å². The molecule has 6 heteroatoms. The Bertz CT molecular complexity index is 461. The molecular weight excluding hydrogens is 249 g/mol. The van der Waals surface area contributed by atoms with E-state index in [1.54, 1.807) is 0 Å². The maximum absolute atomic E-state index is 13.2. The standard InChI is InChI=1S/C13H18FN3O2/c1-2-17(10-3-5-15-6-4-10)12-11(13(18)19)7-9(14)8-16-12/h7-8,10,15H,2-6H2,1H3,(H,18,19). The molecule has 5 nitrogen and oxygen atoms in total. The fourth-order valence-corrected chi connectivity index (χ4v) is 2.52. The van der Waals surface area contributed by atoms with Crippen LogP contribution in [0.3, 0.4) is 0 Å². The number of carboxylic acids is 1. The van der Waals surface area contributed by atoms with Crippen LogP contribution in [0, 0.1) is 5.82 Å². The number of pyridine rings is 1. The van der Waals surface area contributed by atoms with Gasteiger partial charge in [-0.1, -0.05) is 0 Å². The average Bonchev–Trinajstić information content (AvgIpc) is 2.42. The van der Waals surface area contributed by atoms with Crippen molar-refractivity contribution in [3.05, 3.63) is 23.6 Å². The molecule has 0 aromatic carbocycles. The molecule has 19 heavy (non-hydrogen) atoms. The van der Waals surface area contributed by atoms with Crippen LogP contribution in [0.1, 0.15) is 30.1 Å². The molecule has 0 saturated carbocycles. The molecule has 0 unspecified atom stereocenters. The number of carboxylic acid groups (broad SMARTS) is 1. The van der Waals surface area contributed by atoms with Crippen molar-refractivity contribution in [2.24, 2.45) is 0 Å². The van der Waals surface area contributed by atoms with Crippen molar-refractivity contribution in [2.75, 3.05) is 24.5 Å². The van der Waals surface area contributed by atoms with Gasteiger partial charge >= 0.3 is 5.97 Å². The lowest BCUT2D eigenvalue weighted by molar-refractivity contribution is 0.0696. The number of aromatic nitrogens is 1. The molecule has 0 atom stereocenters. The number of carbonyl (C=O) groups is 1. The third-order valence-electron chi connectivity index (χ3n) is 3.43. The highest BCUT2D eigenvalue weighted by Crippen LogP contribution is 2.24. The number of piperidine rings is 1. The van der Waals surface area contributed by atoms with Crippen LogP contribution in [0.4, 0.5) is 10.2 Å². The highest BCUT2D eigenvalue weighted by molar-refractivity contribution is 5.93. The number of hydrogen-bond acceptors (Lipinski definition) is 4. The van der Waals surface area contributed by atoms with Crippen molar-refractivity contribution < 1.29 is 14.3 Å². The van der Waals surface area contributed by atoms with Crippen LogP contribution in [0.15, 0.2) is 12.3 Å². The predicted octanol–water partition coefficient (Wildman–Crippen LogP) is 1.50. The van der Waals surface area contributed by atoms with Crippen molar-refractivity contribution in [1.29, 1.82) is 0 Å². The Hall–Kier alpha value is -1.69. The second-order valence-corrected chi connectivity index (χ2v) is 4.60. The molecule has 2 rings (SSSR count). The number of hydrogen-bond donors (Lipinski definition) is 2. The molecule has 0 aliphatic carbocycles. The monoisotopic (exact) mass is 267 g/mol. The van der Waals surface area contributed by atoms with Gasteiger partial charge in [-0.05, 0) is 38.9 Å². The van der Waals surface area contributed by atoms with Gasteiger partial charge in [-0.2, -0.15) is 0 Å². The summed E-state index contributed by atoms with van der Waals surface area (Å²) in [5.41, 5.74) is -0.0691. The van der Waals surface area contributed by atoms with Crippen molar-refractivity contribution >= 4 is 11.8 Å². The van der Waals surface area contributed by atoms with E-state index < -0.39 is 11.8 Å². The minimum absolute atomic E-state index is 0.0691. The lowest BCUT2D eigenvalue weighted by atomic mass is 10.0. The van der Waals surface area contributed by atoms with E-state index >= 15 is 0 Å². The molecular formula is C13H18FN3O2. The Balaban J connectivity index is 2.34. The first-order valence-corrected chi connectivity index (χ1v) is 6.49. The zero-order valence-electron chi connectivity index (χ0n) is 10.9. The largest absolute Gasteiger partial charge is 0.478 e. The fourth-order valence-electron chi connectivity index (χ4n) is 2.52. The van der Waals surface area contributed by atoms with Gasteiger partial charge in [0, 0.05) is 12.6 Å². The van der Waals surface area contributed by atoms with Gasteiger partial charge in [0.25, 0.3) is 0 Å². The molecule has 0 radical (unpaired) electrons. The van der Waals surface area contributed by atoms with Crippen LogP contribution < -0.4 is 10.2 Å². The van der Waals surface area contributed by atoms with E-state index in [0.717, 1.165) is 38.2 Å². The second kappa shape index (κ2) is 5.97. The molecule has 1 aromatic rings. The summed E-state index contributed by atoms with van der Waals surface area (Å²) < 4.78 is 13.2. The van der Waals surface area contributed by atoms with Crippen molar-refractivity contribution in [3.8, 4) is 0 Å². The van der Waals surface area contributed by atoms with Crippen LogP contribution in [0.2, 0.25) is 0 Å². The summed E-state index contributed by atoms with van der Waals surface area (Å²) in [6, 6.07) is 1.29. The first kappa shape index (κ1) is 13.7. The number of rotatable bonds is 4. The molecule has 2 heterocycles. The Morgan fingerprint density at radius 1 is 1.58 bits per heavy atom. The molecule has 2 N–H and O–H groups in total. The van der Waals surface area contributed by atoms with Crippen LogP contribution in [-0.4, -0.2) is 41.7 Å². The number of nitrogens with zero attached hydrogens (tertiary/aromatic N) is 2. The maximum Gasteiger partial charge on any atom is 0.339 e. The molecule has 1 aliphatic heterocycles. The third-order valence-corrected chi connectivity index (χ3v) is 3.43. The topological polar surface area (TPSA) is 65.5 Å². The smallest absolute Gasteiger partial charge is 0.339 e. The molecule has 1 aliphatic rings. The lowest BCUT2D eigenvalue weighted by Gasteiger charge is -2.35.